The van der Waals surface area contributed by atoms with Gasteiger partial charge in [-0.05, 0) is 29.7 Å². The van der Waals surface area contributed by atoms with E-state index < -0.39 is 0 Å². The maximum atomic E-state index is 11.6. The summed E-state index contributed by atoms with van der Waals surface area (Å²) < 4.78 is 0. The summed E-state index contributed by atoms with van der Waals surface area (Å²) in [4.78, 5) is 11.6. The molecule has 0 fully saturated rings. The van der Waals surface area contributed by atoms with E-state index in [-0.39, 0.29) is 5.78 Å². The summed E-state index contributed by atoms with van der Waals surface area (Å²) in [5.41, 5.74) is 0.815. The van der Waals surface area contributed by atoms with Gasteiger partial charge in [0.1, 0.15) is 5.78 Å². The molecule has 0 heterocycles. The van der Waals surface area contributed by atoms with E-state index in [9.17, 15) is 4.79 Å². The van der Waals surface area contributed by atoms with Crippen molar-refractivity contribution in [2.75, 3.05) is 0 Å². The summed E-state index contributed by atoms with van der Waals surface area (Å²) in [5, 5.41) is 1.23. The van der Waals surface area contributed by atoms with Crippen LogP contribution in [-0.2, 0) is 11.2 Å². The van der Waals surface area contributed by atoms with Crippen LogP contribution < -0.4 is 0 Å². The standard InChI is InChI=1S/C12H14Cl2O/c1-8(2)5-11(15)7-9-6-10(13)3-4-12(9)14/h3-4,6,8H,5,7H2,1-2H3. The highest BCUT2D eigenvalue weighted by Crippen LogP contribution is 2.21. The van der Waals surface area contributed by atoms with Crippen LogP contribution in [0.1, 0.15) is 25.8 Å². The number of rotatable bonds is 4. The van der Waals surface area contributed by atoms with Gasteiger partial charge in [-0.1, -0.05) is 37.0 Å². The van der Waals surface area contributed by atoms with E-state index in [0.717, 1.165) is 5.56 Å². The minimum absolute atomic E-state index is 0.203. The Bertz CT molecular complexity index is 359. The van der Waals surface area contributed by atoms with Crippen molar-refractivity contribution in [1.82, 2.24) is 0 Å². The first kappa shape index (κ1) is 12.5. The lowest BCUT2D eigenvalue weighted by molar-refractivity contribution is -0.119. The van der Waals surface area contributed by atoms with Crippen molar-refractivity contribution in [3.05, 3.63) is 33.8 Å². The molecule has 0 saturated heterocycles. The Morgan fingerprint density at radius 3 is 2.60 bits per heavy atom. The zero-order valence-corrected chi connectivity index (χ0v) is 10.4. The second-order valence-electron chi connectivity index (χ2n) is 4.05. The second-order valence-corrected chi connectivity index (χ2v) is 4.89. The molecule has 0 radical (unpaired) electrons. The Labute approximate surface area is 100 Å². The number of hydrogen-bond acceptors (Lipinski definition) is 1. The van der Waals surface area contributed by atoms with E-state index in [4.69, 9.17) is 23.2 Å². The molecule has 0 aliphatic heterocycles. The van der Waals surface area contributed by atoms with Crippen LogP contribution in [0.25, 0.3) is 0 Å². The third-order valence-corrected chi connectivity index (χ3v) is 2.64. The fourth-order valence-corrected chi connectivity index (χ4v) is 1.80. The number of carbonyl (C=O) groups excluding carboxylic acids is 1. The molecule has 82 valence electrons. The minimum Gasteiger partial charge on any atom is -0.299 e. The molecule has 0 aliphatic carbocycles. The highest BCUT2D eigenvalue weighted by atomic mass is 35.5. The van der Waals surface area contributed by atoms with Gasteiger partial charge >= 0.3 is 0 Å². The molecule has 1 rings (SSSR count). The average molecular weight is 245 g/mol. The van der Waals surface area contributed by atoms with Gasteiger partial charge in [0, 0.05) is 22.9 Å². The molecule has 0 amide bonds. The molecule has 1 aromatic carbocycles. The van der Waals surface area contributed by atoms with Crippen LogP contribution in [0, 0.1) is 5.92 Å². The predicted molar refractivity (Wildman–Crippen MR) is 64.6 cm³/mol. The zero-order valence-electron chi connectivity index (χ0n) is 8.89. The van der Waals surface area contributed by atoms with Gasteiger partial charge in [0.25, 0.3) is 0 Å². The first-order valence-electron chi connectivity index (χ1n) is 4.94. The van der Waals surface area contributed by atoms with E-state index in [2.05, 4.69) is 0 Å². The highest BCUT2D eigenvalue weighted by molar-refractivity contribution is 6.33. The highest BCUT2D eigenvalue weighted by Gasteiger charge is 2.09. The van der Waals surface area contributed by atoms with Gasteiger partial charge in [-0.15, -0.1) is 0 Å². The molecule has 0 spiro atoms. The molecule has 0 N–H and O–H groups in total. The van der Waals surface area contributed by atoms with Gasteiger partial charge in [0.05, 0.1) is 0 Å². The number of Topliss-reactive ketones (excluding diaryl/α,β-unsaturated/α-hetero) is 1. The van der Waals surface area contributed by atoms with Crippen LogP contribution in [0.2, 0.25) is 10.0 Å². The molecule has 0 saturated carbocycles. The van der Waals surface area contributed by atoms with E-state index in [1.54, 1.807) is 18.2 Å². The molecule has 1 nitrogen and oxygen atoms in total. The maximum absolute atomic E-state index is 11.6. The van der Waals surface area contributed by atoms with Crippen LogP contribution in [0.3, 0.4) is 0 Å². The quantitative estimate of drug-likeness (QED) is 0.778. The van der Waals surface area contributed by atoms with Gasteiger partial charge in [-0.3, -0.25) is 4.79 Å². The summed E-state index contributed by atoms with van der Waals surface area (Å²) in [5.74, 6) is 0.588. The number of benzene rings is 1. The zero-order chi connectivity index (χ0) is 11.4. The van der Waals surface area contributed by atoms with Crippen molar-refractivity contribution < 1.29 is 4.79 Å². The van der Waals surface area contributed by atoms with E-state index >= 15 is 0 Å². The van der Waals surface area contributed by atoms with Gasteiger partial charge in [-0.25, -0.2) is 0 Å². The summed E-state index contributed by atoms with van der Waals surface area (Å²) in [6.07, 6.45) is 0.959. The van der Waals surface area contributed by atoms with Crippen LogP contribution in [0.15, 0.2) is 18.2 Å². The molecular weight excluding hydrogens is 231 g/mol. The first-order valence-corrected chi connectivity index (χ1v) is 5.70. The molecule has 3 heteroatoms. The van der Waals surface area contributed by atoms with Gasteiger partial charge in [0.2, 0.25) is 0 Å². The number of halogens is 2. The van der Waals surface area contributed by atoms with Crippen LogP contribution >= 0.6 is 23.2 Å². The Morgan fingerprint density at radius 1 is 1.33 bits per heavy atom. The molecular formula is C12H14Cl2O. The number of ketones is 1. The second kappa shape index (κ2) is 5.53. The molecule has 0 aromatic heterocycles. The molecule has 0 atom stereocenters. The lowest BCUT2D eigenvalue weighted by Crippen LogP contribution is -2.06. The predicted octanol–water partition coefficient (Wildman–Crippen LogP) is 4.15. The fourth-order valence-electron chi connectivity index (χ4n) is 1.42. The van der Waals surface area contributed by atoms with Crippen molar-refractivity contribution in [3.63, 3.8) is 0 Å². The molecule has 15 heavy (non-hydrogen) atoms. The Balaban J connectivity index is 2.71. The molecule has 1 aromatic rings. The monoisotopic (exact) mass is 244 g/mol. The van der Waals surface area contributed by atoms with Crippen molar-refractivity contribution in [3.8, 4) is 0 Å². The third kappa shape index (κ3) is 4.23. The maximum Gasteiger partial charge on any atom is 0.137 e. The summed E-state index contributed by atoms with van der Waals surface area (Å²) in [6, 6.07) is 5.20. The van der Waals surface area contributed by atoms with Crippen LogP contribution in [0.4, 0.5) is 0 Å². The SMILES string of the molecule is CC(C)CC(=O)Cc1cc(Cl)ccc1Cl. The summed E-state index contributed by atoms with van der Waals surface area (Å²) in [7, 11) is 0. The van der Waals surface area contributed by atoms with Gasteiger partial charge < -0.3 is 0 Å². The Kier molecular flexibility index (Phi) is 4.62. The van der Waals surface area contributed by atoms with Crippen molar-refractivity contribution >= 4 is 29.0 Å². The van der Waals surface area contributed by atoms with E-state index in [1.165, 1.54) is 0 Å². The first-order chi connectivity index (χ1) is 6.99. The van der Waals surface area contributed by atoms with E-state index in [0.29, 0.717) is 28.8 Å². The lowest BCUT2D eigenvalue weighted by atomic mass is 10.0. The number of hydrogen-bond donors (Lipinski definition) is 0. The van der Waals surface area contributed by atoms with Gasteiger partial charge in [0.15, 0.2) is 0 Å². The summed E-state index contributed by atoms with van der Waals surface area (Å²) in [6.45, 7) is 4.05. The number of carbonyl (C=O) groups is 1. The third-order valence-electron chi connectivity index (χ3n) is 2.03. The van der Waals surface area contributed by atoms with Crippen molar-refractivity contribution in [1.29, 1.82) is 0 Å². The van der Waals surface area contributed by atoms with Crippen molar-refractivity contribution in [2.24, 2.45) is 5.92 Å². The normalized spacial score (nSPS) is 10.7. The molecule has 0 aliphatic rings. The van der Waals surface area contributed by atoms with Crippen molar-refractivity contribution in [2.45, 2.75) is 26.7 Å². The molecule has 0 bridgehead atoms. The molecule has 0 unspecified atom stereocenters. The van der Waals surface area contributed by atoms with E-state index in [1.807, 2.05) is 13.8 Å². The average Bonchev–Trinajstić information content (AvgIpc) is 2.10. The Hall–Kier alpha value is -0.530. The topological polar surface area (TPSA) is 17.1 Å². The largest absolute Gasteiger partial charge is 0.299 e. The fraction of sp³-hybridized carbons (Fsp3) is 0.417. The van der Waals surface area contributed by atoms with Crippen LogP contribution in [-0.4, -0.2) is 5.78 Å². The summed E-state index contributed by atoms with van der Waals surface area (Å²) >= 11 is 11.8. The smallest absolute Gasteiger partial charge is 0.137 e. The van der Waals surface area contributed by atoms with Crippen LogP contribution in [0.5, 0.6) is 0 Å². The lowest BCUT2D eigenvalue weighted by Gasteiger charge is -2.06. The minimum atomic E-state index is 0.203. The van der Waals surface area contributed by atoms with Gasteiger partial charge in [-0.2, -0.15) is 0 Å². The Morgan fingerprint density at radius 2 is 2.00 bits per heavy atom.